The van der Waals surface area contributed by atoms with Crippen molar-refractivity contribution in [3.63, 3.8) is 0 Å². The molecule has 1 aliphatic carbocycles. The summed E-state index contributed by atoms with van der Waals surface area (Å²) in [5.41, 5.74) is -2.68. The summed E-state index contributed by atoms with van der Waals surface area (Å²) in [5.74, 6) is -1.31. The molecule has 4 rings (SSSR count). The van der Waals surface area contributed by atoms with Crippen LogP contribution in [-0.4, -0.2) is 39.7 Å². The zero-order valence-corrected chi connectivity index (χ0v) is 15.0. The average molecular weight is 398 g/mol. The van der Waals surface area contributed by atoms with Gasteiger partial charge in [-0.1, -0.05) is 42.7 Å². The van der Waals surface area contributed by atoms with E-state index in [0.29, 0.717) is 23.1 Å². The van der Waals surface area contributed by atoms with Crippen LogP contribution in [0.5, 0.6) is 0 Å². The van der Waals surface area contributed by atoms with Crippen molar-refractivity contribution in [1.29, 1.82) is 0 Å². The third-order valence-electron chi connectivity index (χ3n) is 5.01. The summed E-state index contributed by atoms with van der Waals surface area (Å²) in [4.78, 5) is 30.0. The molecular formula is C17H17F3N4O2S. The highest BCUT2D eigenvalue weighted by molar-refractivity contribution is 7.22. The van der Waals surface area contributed by atoms with E-state index in [1.54, 1.807) is 24.3 Å². The van der Waals surface area contributed by atoms with Gasteiger partial charge < -0.3 is 5.32 Å². The van der Waals surface area contributed by atoms with Crippen molar-refractivity contribution in [2.75, 3.05) is 5.32 Å². The number of imide groups is 1. The maximum Gasteiger partial charge on any atom is 0.440 e. The van der Waals surface area contributed by atoms with Gasteiger partial charge in [-0.3, -0.25) is 15.0 Å². The summed E-state index contributed by atoms with van der Waals surface area (Å²) in [6, 6.07) is 5.34. The number of benzene rings is 1. The van der Waals surface area contributed by atoms with E-state index in [4.69, 9.17) is 0 Å². The third-order valence-corrected chi connectivity index (χ3v) is 5.96. The van der Waals surface area contributed by atoms with Crippen LogP contribution in [0.1, 0.15) is 32.1 Å². The summed E-state index contributed by atoms with van der Waals surface area (Å²) in [7, 11) is 0. The number of carbonyl (C=O) groups is 2. The lowest BCUT2D eigenvalue weighted by Crippen LogP contribution is -2.64. The highest BCUT2D eigenvalue weighted by Crippen LogP contribution is 2.40. The second kappa shape index (κ2) is 6.36. The first-order valence-electron chi connectivity index (χ1n) is 8.68. The molecule has 0 radical (unpaired) electrons. The molecule has 2 fully saturated rings. The first-order chi connectivity index (χ1) is 12.8. The van der Waals surface area contributed by atoms with Gasteiger partial charge in [-0.15, -0.1) is 0 Å². The Morgan fingerprint density at radius 1 is 1.19 bits per heavy atom. The van der Waals surface area contributed by atoms with Gasteiger partial charge >= 0.3 is 12.2 Å². The van der Waals surface area contributed by atoms with E-state index in [1.165, 1.54) is 0 Å². The van der Waals surface area contributed by atoms with Crippen molar-refractivity contribution in [2.45, 2.75) is 50.0 Å². The minimum Gasteiger partial charge on any atom is -0.323 e. The molecule has 0 bridgehead atoms. The lowest BCUT2D eigenvalue weighted by molar-refractivity contribution is -0.189. The minimum absolute atomic E-state index is 0.0762. The molecule has 2 N–H and O–H groups in total. The molecule has 144 valence electrons. The van der Waals surface area contributed by atoms with Crippen LogP contribution in [0.3, 0.4) is 0 Å². The summed E-state index contributed by atoms with van der Waals surface area (Å²) in [5, 5.41) is 3.98. The molecule has 6 nitrogen and oxygen atoms in total. The second-order valence-electron chi connectivity index (χ2n) is 6.76. The first kappa shape index (κ1) is 18.0. The Bertz CT molecular complexity index is 861. The Morgan fingerprint density at radius 2 is 1.89 bits per heavy atom. The van der Waals surface area contributed by atoms with Gasteiger partial charge in [0.05, 0.1) is 10.2 Å². The SMILES string of the molecule is O=C1N[C@@](Nc2nc3ccccc3s2)(C(F)(F)F)C(=O)N1C1CCCCC1. The maximum absolute atomic E-state index is 14.0. The number of amides is 3. The van der Waals surface area contributed by atoms with Crippen LogP contribution < -0.4 is 10.6 Å². The van der Waals surface area contributed by atoms with Gasteiger partial charge in [-0.25, -0.2) is 9.78 Å². The second-order valence-corrected chi connectivity index (χ2v) is 7.79. The summed E-state index contributed by atoms with van der Waals surface area (Å²) in [6.45, 7) is 0. The first-order valence-corrected chi connectivity index (χ1v) is 9.50. The number of aromatic nitrogens is 1. The Morgan fingerprint density at radius 3 is 2.56 bits per heavy atom. The van der Waals surface area contributed by atoms with E-state index >= 15 is 0 Å². The molecule has 1 saturated heterocycles. The average Bonchev–Trinajstić information content (AvgIpc) is 3.14. The number of hydrogen-bond acceptors (Lipinski definition) is 5. The molecular weight excluding hydrogens is 381 g/mol. The lowest BCUT2D eigenvalue weighted by Gasteiger charge is -2.32. The summed E-state index contributed by atoms with van der Waals surface area (Å²) in [6.07, 6.45) is -1.46. The van der Waals surface area contributed by atoms with Crippen LogP contribution in [0.15, 0.2) is 24.3 Å². The van der Waals surface area contributed by atoms with Crippen molar-refractivity contribution in [3.05, 3.63) is 24.3 Å². The molecule has 1 aromatic heterocycles. The molecule has 2 aromatic rings. The standard InChI is InChI=1S/C17H17F3N4O2S/c18-17(19,20)16(22-14-21-11-8-4-5-9-12(11)27-14)13(25)24(15(26)23-16)10-6-2-1-3-7-10/h4-5,8-10H,1-3,6-7H2,(H,21,22)(H,23,26)/t16-/m1/s1. The number of anilines is 1. The molecule has 10 heteroatoms. The number of para-hydroxylation sites is 1. The third kappa shape index (κ3) is 2.91. The molecule has 1 aliphatic heterocycles. The van der Waals surface area contributed by atoms with Crippen LogP contribution in [0.25, 0.3) is 10.2 Å². The van der Waals surface area contributed by atoms with Crippen LogP contribution >= 0.6 is 11.3 Å². The Kier molecular flexibility index (Phi) is 4.25. The fraction of sp³-hybridized carbons (Fsp3) is 0.471. The fourth-order valence-corrected chi connectivity index (χ4v) is 4.57. The molecule has 0 unspecified atom stereocenters. The van der Waals surface area contributed by atoms with Gasteiger partial charge in [0.1, 0.15) is 0 Å². The monoisotopic (exact) mass is 398 g/mol. The van der Waals surface area contributed by atoms with Crippen molar-refractivity contribution >= 4 is 38.6 Å². The number of hydrogen-bond donors (Lipinski definition) is 2. The Hall–Kier alpha value is -2.36. The molecule has 0 spiro atoms. The molecule has 1 saturated carbocycles. The van der Waals surface area contributed by atoms with E-state index < -0.39 is 29.8 Å². The number of rotatable bonds is 3. The Labute approximate surface area is 156 Å². The van der Waals surface area contributed by atoms with Gasteiger partial charge in [0.25, 0.3) is 11.6 Å². The van der Waals surface area contributed by atoms with Gasteiger partial charge in [-0.05, 0) is 25.0 Å². The number of halogens is 3. The number of carbonyl (C=O) groups excluding carboxylic acids is 2. The zero-order valence-electron chi connectivity index (χ0n) is 14.2. The van der Waals surface area contributed by atoms with Crippen LogP contribution in [-0.2, 0) is 4.79 Å². The largest absolute Gasteiger partial charge is 0.440 e. The molecule has 1 aromatic carbocycles. The van der Waals surface area contributed by atoms with Gasteiger partial charge in [-0.2, -0.15) is 13.2 Å². The number of fused-ring (bicyclic) bond motifs is 1. The van der Waals surface area contributed by atoms with Crippen molar-refractivity contribution in [1.82, 2.24) is 15.2 Å². The van der Waals surface area contributed by atoms with E-state index in [2.05, 4.69) is 10.3 Å². The van der Waals surface area contributed by atoms with Crippen molar-refractivity contribution < 1.29 is 22.8 Å². The molecule has 2 aliphatic rings. The maximum atomic E-state index is 14.0. The topological polar surface area (TPSA) is 74.3 Å². The summed E-state index contributed by atoms with van der Waals surface area (Å²) < 4.78 is 42.6. The molecule has 27 heavy (non-hydrogen) atoms. The smallest absolute Gasteiger partial charge is 0.323 e. The quantitative estimate of drug-likeness (QED) is 0.771. The number of urea groups is 1. The normalized spacial score (nSPS) is 24.5. The highest BCUT2D eigenvalue weighted by atomic mass is 32.1. The number of thiazole rings is 1. The van der Waals surface area contributed by atoms with Crippen LogP contribution in [0.2, 0.25) is 0 Å². The number of alkyl halides is 3. The Balaban J connectivity index is 1.70. The van der Waals surface area contributed by atoms with Gasteiger partial charge in [0, 0.05) is 6.04 Å². The highest BCUT2D eigenvalue weighted by Gasteiger charge is 2.69. The minimum atomic E-state index is -5.03. The number of nitrogens with zero attached hydrogens (tertiary/aromatic N) is 2. The van der Waals surface area contributed by atoms with Crippen molar-refractivity contribution in [2.24, 2.45) is 0 Å². The lowest BCUT2D eigenvalue weighted by atomic mass is 9.94. The fourth-order valence-electron chi connectivity index (χ4n) is 3.65. The van der Waals surface area contributed by atoms with Crippen molar-refractivity contribution in [3.8, 4) is 0 Å². The number of nitrogens with one attached hydrogen (secondary N) is 2. The van der Waals surface area contributed by atoms with E-state index in [9.17, 15) is 22.8 Å². The van der Waals surface area contributed by atoms with E-state index in [-0.39, 0.29) is 5.13 Å². The molecule has 2 heterocycles. The molecule has 1 atom stereocenters. The van der Waals surface area contributed by atoms with Gasteiger partial charge in [0.15, 0.2) is 5.13 Å². The van der Waals surface area contributed by atoms with Crippen LogP contribution in [0.4, 0.5) is 23.1 Å². The summed E-state index contributed by atoms with van der Waals surface area (Å²) >= 11 is 0.995. The van der Waals surface area contributed by atoms with Gasteiger partial charge in [0.2, 0.25) is 0 Å². The predicted octanol–water partition coefficient (Wildman–Crippen LogP) is 3.85. The zero-order chi connectivity index (χ0) is 19.2. The molecule has 3 amide bonds. The van der Waals surface area contributed by atoms with E-state index in [0.717, 1.165) is 35.5 Å². The van der Waals surface area contributed by atoms with E-state index in [1.807, 2.05) is 5.32 Å². The van der Waals surface area contributed by atoms with Crippen LogP contribution in [0, 0.1) is 0 Å². The predicted molar refractivity (Wildman–Crippen MR) is 94.3 cm³/mol.